The molecule has 0 aromatic heterocycles. The zero-order valence-corrected chi connectivity index (χ0v) is 19.0. The molecule has 2 aromatic carbocycles. The summed E-state index contributed by atoms with van der Waals surface area (Å²) in [6, 6.07) is 11.1. The lowest BCUT2D eigenvalue weighted by molar-refractivity contribution is -0.143. The summed E-state index contributed by atoms with van der Waals surface area (Å²) in [5.74, 6) is 0. The van der Waals surface area contributed by atoms with Gasteiger partial charge in [0, 0.05) is 0 Å². The Balaban J connectivity index is 0.00000385. The number of nitrogens with one attached hydrogen (secondary N) is 1. The summed E-state index contributed by atoms with van der Waals surface area (Å²) in [6.07, 6.45) is -7.87. The molecule has 0 saturated carbocycles. The molecular formula is C24H28ClF6NO. The average Bonchev–Trinajstić information content (AvgIpc) is 2.77. The van der Waals surface area contributed by atoms with Gasteiger partial charge in [-0.1, -0.05) is 37.3 Å². The van der Waals surface area contributed by atoms with E-state index in [1.165, 1.54) is 0 Å². The Kier molecular flexibility index (Phi) is 8.52. The Morgan fingerprint density at radius 1 is 0.848 bits per heavy atom. The zero-order valence-electron chi connectivity index (χ0n) is 18.2. The van der Waals surface area contributed by atoms with E-state index in [-0.39, 0.29) is 42.3 Å². The predicted molar refractivity (Wildman–Crippen MR) is 117 cm³/mol. The van der Waals surface area contributed by atoms with Gasteiger partial charge in [-0.2, -0.15) is 26.3 Å². The highest BCUT2D eigenvalue weighted by molar-refractivity contribution is 5.85. The van der Waals surface area contributed by atoms with Gasteiger partial charge in [-0.15, -0.1) is 12.4 Å². The Bertz CT molecular complexity index is 877. The van der Waals surface area contributed by atoms with Gasteiger partial charge in [-0.25, -0.2) is 0 Å². The Morgan fingerprint density at radius 2 is 1.33 bits per heavy atom. The third-order valence-electron chi connectivity index (χ3n) is 6.67. The molecule has 1 aliphatic heterocycles. The SMILES string of the molecule is CCC(O)(CCC1(c2ccccc2)CCNCC1)c1cc(C(F)(F)F)cc(C(F)(F)F)c1.Cl. The molecule has 3 rings (SSSR count). The van der Waals surface area contributed by atoms with E-state index in [9.17, 15) is 31.4 Å². The number of rotatable bonds is 6. The molecule has 1 aliphatic rings. The quantitative estimate of drug-likeness (QED) is 0.430. The third kappa shape index (κ3) is 6.22. The van der Waals surface area contributed by atoms with Crippen LogP contribution in [0.3, 0.4) is 0 Å². The average molecular weight is 496 g/mol. The lowest BCUT2D eigenvalue weighted by Gasteiger charge is -2.41. The lowest BCUT2D eigenvalue weighted by atomic mass is 9.68. The summed E-state index contributed by atoms with van der Waals surface area (Å²) in [5.41, 5.74) is -4.21. The number of alkyl halides is 6. The molecule has 0 amide bonds. The van der Waals surface area contributed by atoms with Crippen molar-refractivity contribution in [3.8, 4) is 0 Å². The van der Waals surface area contributed by atoms with Crippen LogP contribution in [0.25, 0.3) is 0 Å². The molecule has 1 fully saturated rings. The molecule has 9 heteroatoms. The number of piperidine rings is 1. The van der Waals surface area contributed by atoms with Gasteiger partial charge in [0.25, 0.3) is 0 Å². The summed E-state index contributed by atoms with van der Waals surface area (Å²) in [7, 11) is 0. The van der Waals surface area contributed by atoms with Crippen molar-refractivity contribution < 1.29 is 31.4 Å². The molecule has 184 valence electrons. The molecule has 2 N–H and O–H groups in total. The van der Waals surface area contributed by atoms with E-state index in [0.717, 1.165) is 31.5 Å². The maximum absolute atomic E-state index is 13.3. The van der Waals surface area contributed by atoms with Gasteiger partial charge in [-0.3, -0.25) is 0 Å². The molecule has 1 atom stereocenters. The fourth-order valence-corrected chi connectivity index (χ4v) is 4.57. The standard InChI is InChI=1S/C24H27F6NO.ClH/c1-2-22(32,18-14-19(23(25,26)27)16-20(15-18)24(28,29)30)9-8-21(10-12-31-13-11-21)17-6-4-3-5-7-17;/h3-7,14-16,31-32H,2,8-13H2,1H3;1H. The van der Waals surface area contributed by atoms with Crippen molar-refractivity contribution in [3.05, 3.63) is 70.8 Å². The minimum absolute atomic E-state index is 0. The summed E-state index contributed by atoms with van der Waals surface area (Å²) < 4.78 is 80.0. The molecular weight excluding hydrogens is 468 g/mol. The monoisotopic (exact) mass is 495 g/mol. The molecule has 0 spiro atoms. The first-order valence-corrected chi connectivity index (χ1v) is 10.7. The van der Waals surface area contributed by atoms with Crippen LogP contribution in [0.5, 0.6) is 0 Å². The first-order valence-electron chi connectivity index (χ1n) is 10.7. The number of aliphatic hydroxyl groups is 1. The van der Waals surface area contributed by atoms with Crippen molar-refractivity contribution in [1.82, 2.24) is 5.32 Å². The molecule has 2 aromatic rings. The first kappa shape index (κ1) is 27.5. The van der Waals surface area contributed by atoms with Gasteiger partial charge in [-0.05, 0) is 79.9 Å². The summed E-state index contributed by atoms with van der Waals surface area (Å²) >= 11 is 0. The van der Waals surface area contributed by atoms with Crippen molar-refractivity contribution >= 4 is 12.4 Å². The molecule has 2 nitrogen and oxygen atoms in total. The maximum atomic E-state index is 13.3. The largest absolute Gasteiger partial charge is 0.416 e. The second-order valence-corrected chi connectivity index (χ2v) is 8.58. The summed E-state index contributed by atoms with van der Waals surface area (Å²) in [6.45, 7) is 3.08. The fourth-order valence-electron chi connectivity index (χ4n) is 4.57. The number of hydrogen-bond donors (Lipinski definition) is 2. The highest BCUT2D eigenvalue weighted by Crippen LogP contribution is 2.44. The topological polar surface area (TPSA) is 32.3 Å². The van der Waals surface area contributed by atoms with Crippen LogP contribution in [0.4, 0.5) is 26.3 Å². The van der Waals surface area contributed by atoms with Crippen LogP contribution in [0, 0.1) is 0 Å². The molecule has 0 radical (unpaired) electrons. The van der Waals surface area contributed by atoms with E-state index >= 15 is 0 Å². The lowest BCUT2D eigenvalue weighted by Crippen LogP contribution is -2.41. The van der Waals surface area contributed by atoms with Gasteiger partial charge in [0.1, 0.15) is 0 Å². The van der Waals surface area contributed by atoms with Crippen molar-refractivity contribution in [3.63, 3.8) is 0 Å². The van der Waals surface area contributed by atoms with Crippen molar-refractivity contribution in [2.45, 2.75) is 62.4 Å². The van der Waals surface area contributed by atoms with E-state index < -0.39 is 29.1 Å². The highest BCUT2D eigenvalue weighted by Gasteiger charge is 2.41. The van der Waals surface area contributed by atoms with Crippen LogP contribution in [-0.2, 0) is 23.4 Å². The molecule has 33 heavy (non-hydrogen) atoms. The van der Waals surface area contributed by atoms with Crippen molar-refractivity contribution in [1.29, 1.82) is 0 Å². The predicted octanol–water partition coefficient (Wildman–Crippen LogP) is 6.85. The fraction of sp³-hybridized carbons (Fsp3) is 0.500. The van der Waals surface area contributed by atoms with E-state index in [4.69, 9.17) is 0 Å². The van der Waals surface area contributed by atoms with Crippen LogP contribution < -0.4 is 5.32 Å². The Labute approximate surface area is 195 Å². The van der Waals surface area contributed by atoms with Crippen LogP contribution in [-0.4, -0.2) is 18.2 Å². The van der Waals surface area contributed by atoms with Gasteiger partial charge in [0.2, 0.25) is 0 Å². The van der Waals surface area contributed by atoms with E-state index in [1.54, 1.807) is 6.92 Å². The van der Waals surface area contributed by atoms with Crippen molar-refractivity contribution in [2.75, 3.05) is 13.1 Å². The Hall–Kier alpha value is -1.77. The van der Waals surface area contributed by atoms with E-state index in [2.05, 4.69) is 5.32 Å². The van der Waals surface area contributed by atoms with E-state index in [1.807, 2.05) is 30.3 Å². The van der Waals surface area contributed by atoms with Crippen LogP contribution >= 0.6 is 12.4 Å². The second-order valence-electron chi connectivity index (χ2n) is 8.58. The summed E-state index contributed by atoms with van der Waals surface area (Å²) in [4.78, 5) is 0. The number of benzene rings is 2. The van der Waals surface area contributed by atoms with Crippen molar-refractivity contribution in [2.24, 2.45) is 0 Å². The summed E-state index contributed by atoms with van der Waals surface area (Å²) in [5, 5.41) is 14.6. The number of halogens is 7. The van der Waals surface area contributed by atoms with Crippen LogP contribution in [0.1, 0.15) is 61.3 Å². The Morgan fingerprint density at radius 3 is 1.79 bits per heavy atom. The molecule has 1 unspecified atom stereocenters. The van der Waals surface area contributed by atoms with Gasteiger partial charge in [0.05, 0.1) is 16.7 Å². The van der Waals surface area contributed by atoms with Gasteiger partial charge >= 0.3 is 12.4 Å². The first-order chi connectivity index (χ1) is 14.9. The molecule has 0 bridgehead atoms. The third-order valence-corrected chi connectivity index (χ3v) is 6.67. The van der Waals surface area contributed by atoms with Crippen LogP contribution in [0.15, 0.2) is 48.5 Å². The number of hydrogen-bond acceptors (Lipinski definition) is 2. The van der Waals surface area contributed by atoms with Gasteiger partial charge < -0.3 is 10.4 Å². The normalized spacial score (nSPS) is 18.3. The zero-order chi connectivity index (χ0) is 23.6. The minimum Gasteiger partial charge on any atom is -0.385 e. The van der Waals surface area contributed by atoms with E-state index in [0.29, 0.717) is 18.6 Å². The molecule has 1 heterocycles. The van der Waals surface area contributed by atoms with Gasteiger partial charge in [0.15, 0.2) is 0 Å². The molecule has 1 saturated heterocycles. The molecule has 0 aliphatic carbocycles. The van der Waals surface area contributed by atoms with Crippen LogP contribution in [0.2, 0.25) is 0 Å². The highest BCUT2D eigenvalue weighted by atomic mass is 35.5. The maximum Gasteiger partial charge on any atom is 0.416 e. The smallest absolute Gasteiger partial charge is 0.385 e. The second kappa shape index (κ2) is 10.2. The minimum atomic E-state index is -4.95.